The molecule has 0 saturated heterocycles. The lowest BCUT2D eigenvalue weighted by molar-refractivity contribution is 0.100. The van der Waals surface area contributed by atoms with Crippen LogP contribution >= 0.6 is 0 Å². The molecule has 1 N–H and O–H groups in total. The molecule has 0 radical (unpaired) electrons. The number of hydrogen-bond acceptors (Lipinski definition) is 3. The summed E-state index contributed by atoms with van der Waals surface area (Å²) in [5, 5.41) is 3.49. The first kappa shape index (κ1) is 16.9. The fraction of sp³-hybridized carbons (Fsp3) is 1.00. The third kappa shape index (κ3) is 8.58. The number of nitrogens with one attached hydrogen (secondary N) is 1. The van der Waals surface area contributed by atoms with E-state index in [0.717, 1.165) is 39.4 Å². The van der Waals surface area contributed by atoms with Gasteiger partial charge in [0.2, 0.25) is 0 Å². The van der Waals surface area contributed by atoms with Gasteiger partial charge in [0.15, 0.2) is 0 Å². The number of ether oxygens (including phenoxy) is 1. The van der Waals surface area contributed by atoms with Crippen LogP contribution in [0.25, 0.3) is 0 Å². The zero-order chi connectivity index (χ0) is 13.1. The molecule has 0 spiro atoms. The van der Waals surface area contributed by atoms with Crippen molar-refractivity contribution < 1.29 is 4.74 Å². The van der Waals surface area contributed by atoms with Gasteiger partial charge in [-0.05, 0) is 32.4 Å². The van der Waals surface area contributed by atoms with Crippen molar-refractivity contribution in [2.24, 2.45) is 5.41 Å². The maximum Gasteiger partial charge on any atom is 0.0593 e. The maximum atomic E-state index is 5.40. The van der Waals surface area contributed by atoms with E-state index in [-0.39, 0.29) is 0 Å². The predicted molar refractivity (Wildman–Crippen MR) is 75.5 cm³/mol. The summed E-state index contributed by atoms with van der Waals surface area (Å²) in [4.78, 5) is 2.39. The van der Waals surface area contributed by atoms with E-state index in [1.807, 2.05) is 6.92 Å². The van der Waals surface area contributed by atoms with E-state index in [1.165, 1.54) is 12.8 Å². The van der Waals surface area contributed by atoms with Gasteiger partial charge in [-0.15, -0.1) is 0 Å². The smallest absolute Gasteiger partial charge is 0.0593 e. The van der Waals surface area contributed by atoms with Crippen LogP contribution in [0.1, 0.15) is 40.5 Å². The molecule has 3 nitrogen and oxygen atoms in total. The molecular weight excluding hydrogens is 212 g/mol. The average Bonchev–Trinajstić information content (AvgIpc) is 2.27. The van der Waals surface area contributed by atoms with Crippen molar-refractivity contribution in [2.75, 3.05) is 46.4 Å². The van der Waals surface area contributed by atoms with Gasteiger partial charge in [0.05, 0.1) is 6.61 Å². The largest absolute Gasteiger partial charge is 0.380 e. The summed E-state index contributed by atoms with van der Waals surface area (Å²) in [6.45, 7) is 14.9. The molecule has 0 amide bonds. The molecule has 0 bridgehead atoms. The molecule has 0 heterocycles. The number of nitrogens with zero attached hydrogens (tertiary/aromatic N) is 1. The van der Waals surface area contributed by atoms with E-state index in [0.29, 0.717) is 5.41 Å². The summed E-state index contributed by atoms with van der Waals surface area (Å²) in [7, 11) is 2.19. The Morgan fingerprint density at radius 1 is 1.24 bits per heavy atom. The fourth-order valence-corrected chi connectivity index (χ4v) is 2.35. The van der Waals surface area contributed by atoms with Crippen LogP contribution in [0.15, 0.2) is 0 Å². The van der Waals surface area contributed by atoms with Gasteiger partial charge in [-0.2, -0.15) is 0 Å². The highest BCUT2D eigenvalue weighted by molar-refractivity contribution is 4.79. The van der Waals surface area contributed by atoms with E-state index >= 15 is 0 Å². The first-order chi connectivity index (χ1) is 8.08. The number of rotatable bonds is 11. The molecule has 0 aromatic rings. The van der Waals surface area contributed by atoms with Crippen LogP contribution in [0.2, 0.25) is 0 Å². The van der Waals surface area contributed by atoms with Crippen molar-refractivity contribution in [1.29, 1.82) is 0 Å². The van der Waals surface area contributed by atoms with Gasteiger partial charge < -0.3 is 15.0 Å². The molecule has 17 heavy (non-hydrogen) atoms. The molecule has 3 heteroatoms. The molecule has 0 aliphatic carbocycles. The Hall–Kier alpha value is -0.120. The lowest BCUT2D eigenvalue weighted by Gasteiger charge is -2.34. The Labute approximate surface area is 108 Å². The van der Waals surface area contributed by atoms with Gasteiger partial charge >= 0.3 is 0 Å². The SMILES string of the molecule is CCCC(C)(CNCC)CN(C)CCOCC. The average molecular weight is 244 g/mol. The second-order valence-corrected chi connectivity index (χ2v) is 5.28. The molecule has 0 rings (SSSR count). The highest BCUT2D eigenvalue weighted by Crippen LogP contribution is 2.23. The molecule has 0 aliphatic rings. The van der Waals surface area contributed by atoms with E-state index < -0.39 is 0 Å². The molecule has 104 valence electrons. The van der Waals surface area contributed by atoms with Crippen molar-refractivity contribution in [3.8, 4) is 0 Å². The zero-order valence-electron chi connectivity index (χ0n) is 12.5. The molecule has 0 aromatic carbocycles. The van der Waals surface area contributed by atoms with Crippen molar-refractivity contribution in [3.05, 3.63) is 0 Å². The van der Waals surface area contributed by atoms with Crippen LogP contribution < -0.4 is 5.32 Å². The van der Waals surface area contributed by atoms with E-state index in [4.69, 9.17) is 4.74 Å². The molecule has 1 atom stereocenters. The molecular formula is C14H32N2O. The molecule has 0 fully saturated rings. The van der Waals surface area contributed by atoms with Crippen LogP contribution in [0, 0.1) is 5.41 Å². The topological polar surface area (TPSA) is 24.5 Å². The zero-order valence-corrected chi connectivity index (χ0v) is 12.5. The summed E-state index contributed by atoms with van der Waals surface area (Å²) < 4.78 is 5.40. The van der Waals surface area contributed by atoms with E-state index in [9.17, 15) is 0 Å². The second kappa shape index (κ2) is 9.86. The summed E-state index contributed by atoms with van der Waals surface area (Å²) in [5.41, 5.74) is 0.381. The van der Waals surface area contributed by atoms with Crippen LogP contribution in [0.5, 0.6) is 0 Å². The lowest BCUT2D eigenvalue weighted by Crippen LogP contribution is -2.42. The van der Waals surface area contributed by atoms with Gasteiger partial charge in [-0.1, -0.05) is 27.2 Å². The Bertz CT molecular complexity index is 176. The number of hydrogen-bond donors (Lipinski definition) is 1. The number of likely N-dealkylation sites (N-methyl/N-ethyl adjacent to an activating group) is 1. The Morgan fingerprint density at radius 2 is 1.94 bits per heavy atom. The van der Waals surface area contributed by atoms with Gasteiger partial charge in [0, 0.05) is 26.2 Å². The normalized spacial score (nSPS) is 15.2. The van der Waals surface area contributed by atoms with E-state index in [1.54, 1.807) is 0 Å². The summed E-state index contributed by atoms with van der Waals surface area (Å²) >= 11 is 0. The van der Waals surface area contributed by atoms with Crippen molar-refractivity contribution >= 4 is 0 Å². The lowest BCUT2D eigenvalue weighted by atomic mass is 9.85. The molecule has 0 saturated carbocycles. The summed E-state index contributed by atoms with van der Waals surface area (Å²) in [6, 6.07) is 0. The van der Waals surface area contributed by atoms with Gasteiger partial charge in [0.1, 0.15) is 0 Å². The minimum atomic E-state index is 0.381. The summed E-state index contributed by atoms with van der Waals surface area (Å²) in [5.74, 6) is 0. The van der Waals surface area contributed by atoms with Gasteiger partial charge in [-0.25, -0.2) is 0 Å². The molecule has 1 unspecified atom stereocenters. The van der Waals surface area contributed by atoms with Crippen LogP contribution in [-0.4, -0.2) is 51.3 Å². The van der Waals surface area contributed by atoms with Crippen molar-refractivity contribution in [1.82, 2.24) is 10.2 Å². The van der Waals surface area contributed by atoms with E-state index in [2.05, 4.69) is 38.0 Å². The van der Waals surface area contributed by atoms with Crippen LogP contribution in [0.3, 0.4) is 0 Å². The summed E-state index contributed by atoms with van der Waals surface area (Å²) in [6.07, 6.45) is 2.53. The molecule has 0 aromatic heterocycles. The Balaban J connectivity index is 4.03. The maximum absolute atomic E-state index is 5.40. The minimum absolute atomic E-state index is 0.381. The molecule has 0 aliphatic heterocycles. The monoisotopic (exact) mass is 244 g/mol. The van der Waals surface area contributed by atoms with Crippen molar-refractivity contribution in [2.45, 2.75) is 40.5 Å². The first-order valence-electron chi connectivity index (χ1n) is 7.05. The Kier molecular flexibility index (Phi) is 9.79. The highest BCUT2D eigenvalue weighted by atomic mass is 16.5. The van der Waals surface area contributed by atoms with Crippen LogP contribution in [-0.2, 0) is 4.74 Å². The van der Waals surface area contributed by atoms with Gasteiger partial charge in [-0.3, -0.25) is 0 Å². The van der Waals surface area contributed by atoms with Crippen molar-refractivity contribution in [3.63, 3.8) is 0 Å². The first-order valence-corrected chi connectivity index (χ1v) is 7.05. The Morgan fingerprint density at radius 3 is 2.47 bits per heavy atom. The fourth-order valence-electron chi connectivity index (χ4n) is 2.35. The predicted octanol–water partition coefficient (Wildman–Crippen LogP) is 2.37. The second-order valence-electron chi connectivity index (χ2n) is 5.28. The van der Waals surface area contributed by atoms with Crippen LogP contribution in [0.4, 0.5) is 0 Å². The van der Waals surface area contributed by atoms with Gasteiger partial charge in [0.25, 0.3) is 0 Å². The standard InChI is InChI=1S/C14H32N2O/c1-6-9-14(4,12-15-7-2)13-16(5)10-11-17-8-3/h15H,6-13H2,1-5H3. The highest BCUT2D eigenvalue weighted by Gasteiger charge is 2.24. The third-order valence-corrected chi connectivity index (χ3v) is 3.13. The third-order valence-electron chi connectivity index (χ3n) is 3.13. The quantitative estimate of drug-likeness (QED) is 0.565. The minimum Gasteiger partial charge on any atom is -0.380 e.